The normalized spacial score (nSPS) is 13.2. The summed E-state index contributed by atoms with van der Waals surface area (Å²) in [6.07, 6.45) is 1.59. The summed E-state index contributed by atoms with van der Waals surface area (Å²) in [5, 5.41) is 11.6. The number of nitrogens with zero attached hydrogens (tertiary/aromatic N) is 2. The lowest BCUT2D eigenvalue weighted by molar-refractivity contribution is -0.146. The van der Waals surface area contributed by atoms with E-state index in [4.69, 9.17) is 5.11 Å². The van der Waals surface area contributed by atoms with Gasteiger partial charge in [0, 0.05) is 0 Å². The monoisotopic (exact) mass is 275 g/mol. The lowest BCUT2D eigenvalue weighted by Crippen LogP contribution is -2.51. The van der Waals surface area contributed by atoms with Crippen LogP contribution in [-0.2, 0) is 9.59 Å². The van der Waals surface area contributed by atoms with Crippen molar-refractivity contribution in [3.05, 3.63) is 30.6 Å². The molecule has 1 aromatic carbocycles. The third-order valence-electron chi connectivity index (χ3n) is 3.25. The lowest BCUT2D eigenvalue weighted by atomic mass is 10.1. The molecule has 0 radical (unpaired) electrons. The Labute approximate surface area is 116 Å². The van der Waals surface area contributed by atoms with Crippen molar-refractivity contribution in [1.29, 1.82) is 0 Å². The predicted octanol–water partition coefficient (Wildman–Crippen LogP) is 1.58. The van der Waals surface area contributed by atoms with E-state index in [1.807, 2.05) is 24.3 Å². The smallest absolute Gasteiger partial charge is 0.328 e. The first-order valence-electron chi connectivity index (χ1n) is 6.30. The van der Waals surface area contributed by atoms with Crippen LogP contribution in [0, 0.1) is 0 Å². The highest BCUT2D eigenvalue weighted by Gasteiger charge is 2.31. The molecule has 0 aliphatic heterocycles. The van der Waals surface area contributed by atoms with Crippen molar-refractivity contribution in [3.63, 3.8) is 0 Å². The van der Waals surface area contributed by atoms with Crippen molar-refractivity contribution in [2.75, 3.05) is 0 Å². The van der Waals surface area contributed by atoms with Gasteiger partial charge in [-0.05, 0) is 32.9 Å². The summed E-state index contributed by atoms with van der Waals surface area (Å²) in [4.78, 5) is 27.4. The van der Waals surface area contributed by atoms with Crippen molar-refractivity contribution in [1.82, 2.24) is 14.9 Å². The van der Waals surface area contributed by atoms with E-state index in [9.17, 15) is 9.59 Å². The summed E-state index contributed by atoms with van der Waals surface area (Å²) in [5.41, 5.74) is 0.328. The Hall–Kier alpha value is -2.37. The minimum absolute atomic E-state index is 0.361. The van der Waals surface area contributed by atoms with Crippen LogP contribution in [0.2, 0.25) is 0 Å². The Balaban J connectivity index is 2.25. The zero-order valence-electron chi connectivity index (χ0n) is 11.6. The van der Waals surface area contributed by atoms with E-state index in [2.05, 4.69) is 10.3 Å². The van der Waals surface area contributed by atoms with Crippen molar-refractivity contribution < 1.29 is 14.7 Å². The molecule has 1 aromatic heterocycles. The molecule has 106 valence electrons. The number of carboxylic acids is 1. The third-order valence-corrected chi connectivity index (χ3v) is 3.25. The molecule has 0 bridgehead atoms. The predicted molar refractivity (Wildman–Crippen MR) is 74.3 cm³/mol. The summed E-state index contributed by atoms with van der Waals surface area (Å²) in [6, 6.07) is 6.93. The molecule has 6 nitrogen and oxygen atoms in total. The van der Waals surface area contributed by atoms with E-state index in [1.165, 1.54) is 13.8 Å². The first kappa shape index (κ1) is 14.0. The highest BCUT2D eigenvalue weighted by molar-refractivity contribution is 5.89. The zero-order valence-corrected chi connectivity index (χ0v) is 11.6. The maximum atomic E-state index is 12.2. The Bertz CT molecular complexity index is 660. The number of hydrogen-bond donors (Lipinski definition) is 2. The molecule has 0 aliphatic carbocycles. The van der Waals surface area contributed by atoms with Crippen LogP contribution in [0.1, 0.15) is 26.8 Å². The molecular formula is C14H17N3O3. The fourth-order valence-electron chi connectivity index (χ4n) is 1.88. The van der Waals surface area contributed by atoms with Crippen LogP contribution in [0.5, 0.6) is 0 Å². The van der Waals surface area contributed by atoms with E-state index < -0.39 is 17.6 Å². The standard InChI is InChI=1S/C14H17N3O3/c1-9(12(18)16-14(2,3)13(19)20)17-8-15-10-6-4-5-7-11(10)17/h4-9H,1-3H3,(H,16,18)(H,19,20). The second-order valence-corrected chi connectivity index (χ2v) is 5.24. The Morgan fingerprint density at radius 3 is 2.65 bits per heavy atom. The van der Waals surface area contributed by atoms with Crippen molar-refractivity contribution in [2.45, 2.75) is 32.4 Å². The number of aliphatic carboxylic acids is 1. The SMILES string of the molecule is CC(C(=O)NC(C)(C)C(=O)O)n1cnc2ccccc21. The maximum absolute atomic E-state index is 12.2. The van der Waals surface area contributed by atoms with Gasteiger partial charge in [-0.25, -0.2) is 9.78 Å². The fourth-order valence-corrected chi connectivity index (χ4v) is 1.88. The van der Waals surface area contributed by atoms with E-state index >= 15 is 0 Å². The molecule has 2 N–H and O–H groups in total. The highest BCUT2D eigenvalue weighted by Crippen LogP contribution is 2.18. The molecule has 1 atom stereocenters. The van der Waals surface area contributed by atoms with Crippen LogP contribution in [0.3, 0.4) is 0 Å². The third kappa shape index (κ3) is 2.49. The largest absolute Gasteiger partial charge is 0.480 e. The van der Waals surface area contributed by atoms with E-state index in [0.717, 1.165) is 11.0 Å². The molecule has 0 fully saturated rings. The molecule has 0 saturated carbocycles. The van der Waals surface area contributed by atoms with E-state index in [-0.39, 0.29) is 5.91 Å². The number of carboxylic acid groups (broad SMARTS) is 1. The molecule has 2 aromatic rings. The number of carbonyl (C=O) groups is 2. The number of benzene rings is 1. The number of nitrogens with one attached hydrogen (secondary N) is 1. The molecule has 6 heteroatoms. The summed E-state index contributed by atoms with van der Waals surface area (Å²) in [7, 11) is 0. The van der Waals surface area contributed by atoms with Gasteiger partial charge in [-0.15, -0.1) is 0 Å². The molecule has 1 unspecified atom stereocenters. The van der Waals surface area contributed by atoms with Crippen molar-refractivity contribution in [2.24, 2.45) is 0 Å². The minimum atomic E-state index is -1.30. The molecule has 20 heavy (non-hydrogen) atoms. The second kappa shape index (κ2) is 4.96. The molecule has 0 spiro atoms. The number of imidazole rings is 1. The van der Waals surface area contributed by atoms with Gasteiger partial charge in [-0.2, -0.15) is 0 Å². The van der Waals surface area contributed by atoms with Gasteiger partial charge in [0.15, 0.2) is 0 Å². The number of hydrogen-bond acceptors (Lipinski definition) is 3. The second-order valence-electron chi connectivity index (χ2n) is 5.24. The van der Waals surface area contributed by atoms with E-state index in [0.29, 0.717) is 0 Å². The zero-order chi connectivity index (χ0) is 14.9. The van der Waals surface area contributed by atoms with Crippen LogP contribution in [0.4, 0.5) is 0 Å². The molecule has 0 aliphatic rings. The van der Waals surface area contributed by atoms with E-state index in [1.54, 1.807) is 17.8 Å². The number of amides is 1. The lowest BCUT2D eigenvalue weighted by Gasteiger charge is -2.24. The number of para-hydroxylation sites is 2. The molecule has 1 amide bonds. The van der Waals surface area contributed by atoms with Crippen LogP contribution < -0.4 is 5.32 Å². The molecule has 1 heterocycles. The van der Waals surface area contributed by atoms with Crippen LogP contribution in [-0.4, -0.2) is 32.1 Å². The van der Waals surface area contributed by atoms with Gasteiger partial charge in [0.2, 0.25) is 5.91 Å². The first-order valence-corrected chi connectivity index (χ1v) is 6.30. The van der Waals surface area contributed by atoms with Gasteiger partial charge < -0.3 is 15.0 Å². The van der Waals surface area contributed by atoms with Gasteiger partial charge in [0.1, 0.15) is 11.6 Å². The average molecular weight is 275 g/mol. The maximum Gasteiger partial charge on any atom is 0.328 e. The van der Waals surface area contributed by atoms with Gasteiger partial charge in [0.25, 0.3) is 0 Å². The fraction of sp³-hybridized carbons (Fsp3) is 0.357. The number of carbonyl (C=O) groups excluding carboxylic acids is 1. The Morgan fingerprint density at radius 2 is 2.00 bits per heavy atom. The first-order chi connectivity index (χ1) is 9.33. The number of fused-ring (bicyclic) bond motifs is 1. The van der Waals surface area contributed by atoms with Crippen LogP contribution in [0.25, 0.3) is 11.0 Å². The summed E-state index contributed by atoms with van der Waals surface area (Å²) >= 11 is 0. The van der Waals surface area contributed by atoms with Gasteiger partial charge in [-0.3, -0.25) is 4.79 Å². The van der Waals surface area contributed by atoms with Crippen molar-refractivity contribution in [3.8, 4) is 0 Å². The molecule has 0 saturated heterocycles. The number of aromatic nitrogens is 2. The summed E-state index contributed by atoms with van der Waals surface area (Å²) in [5.74, 6) is -1.44. The quantitative estimate of drug-likeness (QED) is 0.887. The molecular weight excluding hydrogens is 258 g/mol. The van der Waals surface area contributed by atoms with Gasteiger partial charge >= 0.3 is 5.97 Å². The molecule has 2 rings (SSSR count). The van der Waals surface area contributed by atoms with Crippen LogP contribution >= 0.6 is 0 Å². The Morgan fingerprint density at radius 1 is 1.35 bits per heavy atom. The van der Waals surface area contributed by atoms with Gasteiger partial charge in [-0.1, -0.05) is 12.1 Å². The van der Waals surface area contributed by atoms with Gasteiger partial charge in [0.05, 0.1) is 17.4 Å². The van der Waals surface area contributed by atoms with Crippen molar-refractivity contribution >= 4 is 22.9 Å². The number of rotatable bonds is 4. The Kier molecular flexibility index (Phi) is 3.48. The minimum Gasteiger partial charge on any atom is -0.480 e. The topological polar surface area (TPSA) is 84.2 Å². The average Bonchev–Trinajstić information content (AvgIpc) is 2.80. The van der Waals surface area contributed by atoms with Crippen LogP contribution in [0.15, 0.2) is 30.6 Å². The highest BCUT2D eigenvalue weighted by atomic mass is 16.4. The summed E-state index contributed by atoms with van der Waals surface area (Å²) in [6.45, 7) is 4.61. The summed E-state index contributed by atoms with van der Waals surface area (Å²) < 4.78 is 1.72.